The molecule has 5 nitrogen and oxygen atoms in total. The molecule has 2 aromatic rings. The van der Waals surface area contributed by atoms with Gasteiger partial charge in [0.15, 0.2) is 5.75 Å². The minimum atomic E-state index is -5.01. The van der Waals surface area contributed by atoms with Crippen LogP contribution in [0.5, 0.6) is 5.75 Å². The number of nitrogens with zero attached hydrogens (tertiary/aromatic N) is 2. The van der Waals surface area contributed by atoms with Crippen molar-refractivity contribution in [3.8, 4) is 5.75 Å². The summed E-state index contributed by atoms with van der Waals surface area (Å²) in [6.45, 7) is 1.54. The molecule has 0 aliphatic carbocycles. The maximum Gasteiger partial charge on any atom is 0.573 e. The maximum absolute atomic E-state index is 13.0. The molecule has 2 aromatic carbocycles. The lowest BCUT2D eigenvalue weighted by atomic mass is 10.2. The topological polar surface area (TPSA) is 49.9 Å². The first-order valence-corrected chi connectivity index (χ1v) is 10.8. The van der Waals surface area contributed by atoms with Gasteiger partial charge in [0.05, 0.1) is 0 Å². The fourth-order valence-electron chi connectivity index (χ4n) is 3.01. The summed E-state index contributed by atoms with van der Waals surface area (Å²) in [5.41, 5.74) is 0.886. The summed E-state index contributed by atoms with van der Waals surface area (Å²) >= 11 is 3.02. The molecule has 3 rings (SSSR count). The predicted octanol–water partition coefficient (Wildman–Crippen LogP) is 3.99. The zero-order valence-electron chi connectivity index (χ0n) is 15.0. The van der Waals surface area contributed by atoms with Gasteiger partial charge >= 0.3 is 6.36 Å². The minimum absolute atomic E-state index is 0.116. The van der Waals surface area contributed by atoms with Crippen LogP contribution in [0.25, 0.3) is 0 Å². The number of ether oxygens (including phenoxy) is 1. The first-order chi connectivity index (χ1) is 13.5. The average molecular weight is 497 g/mol. The predicted molar refractivity (Wildman–Crippen MR) is 101 cm³/mol. The summed E-state index contributed by atoms with van der Waals surface area (Å²) < 4.78 is 82.2. The van der Waals surface area contributed by atoms with Crippen molar-refractivity contribution in [1.29, 1.82) is 0 Å². The monoisotopic (exact) mass is 496 g/mol. The van der Waals surface area contributed by atoms with Crippen LogP contribution in [0, 0.1) is 5.82 Å². The SMILES string of the molecule is O=S(=O)(c1ccc(Br)cc1OC(F)(F)F)N1CCN(Cc2ccc(F)cc2)CC1. The van der Waals surface area contributed by atoms with Crippen molar-refractivity contribution < 1.29 is 30.7 Å². The molecule has 1 saturated heterocycles. The standard InChI is InChI=1S/C18H17BrF4N2O3S/c19-14-3-6-17(16(11-14)28-18(21,22)23)29(26,27)25-9-7-24(8-10-25)12-13-1-4-15(20)5-2-13/h1-6,11H,7-10,12H2. The molecule has 0 radical (unpaired) electrons. The first kappa shape index (κ1) is 22.0. The Morgan fingerprint density at radius 2 is 1.62 bits per heavy atom. The van der Waals surface area contributed by atoms with Gasteiger partial charge in [0, 0.05) is 37.2 Å². The van der Waals surface area contributed by atoms with Gasteiger partial charge in [-0.1, -0.05) is 28.1 Å². The zero-order chi connectivity index (χ0) is 21.2. The number of rotatable bonds is 5. The number of piperazine rings is 1. The highest BCUT2D eigenvalue weighted by molar-refractivity contribution is 9.10. The van der Waals surface area contributed by atoms with E-state index in [9.17, 15) is 26.0 Å². The van der Waals surface area contributed by atoms with Crippen LogP contribution in [-0.4, -0.2) is 50.2 Å². The lowest BCUT2D eigenvalue weighted by Crippen LogP contribution is -2.48. The molecular weight excluding hydrogens is 480 g/mol. The molecule has 0 unspecified atom stereocenters. The molecule has 1 aliphatic heterocycles. The summed E-state index contributed by atoms with van der Waals surface area (Å²) in [5.74, 6) is -1.11. The van der Waals surface area contributed by atoms with Gasteiger partial charge in [0.2, 0.25) is 10.0 Å². The van der Waals surface area contributed by atoms with Crippen molar-refractivity contribution in [2.45, 2.75) is 17.8 Å². The smallest absolute Gasteiger partial charge is 0.404 e. The van der Waals surface area contributed by atoms with E-state index < -0.39 is 27.0 Å². The molecule has 0 amide bonds. The number of hydrogen-bond acceptors (Lipinski definition) is 4. The second-order valence-electron chi connectivity index (χ2n) is 6.45. The van der Waals surface area contributed by atoms with Gasteiger partial charge in [-0.25, -0.2) is 12.8 Å². The lowest BCUT2D eigenvalue weighted by molar-refractivity contribution is -0.275. The van der Waals surface area contributed by atoms with E-state index in [-0.39, 0.29) is 23.4 Å². The van der Waals surface area contributed by atoms with Gasteiger partial charge in [-0.3, -0.25) is 4.90 Å². The fraction of sp³-hybridized carbons (Fsp3) is 0.333. The normalized spacial score (nSPS) is 16.7. The highest BCUT2D eigenvalue weighted by Crippen LogP contribution is 2.34. The number of alkyl halides is 3. The summed E-state index contributed by atoms with van der Waals surface area (Å²) in [4.78, 5) is 1.46. The fourth-order valence-corrected chi connectivity index (χ4v) is 4.87. The Labute approximate surface area is 174 Å². The Morgan fingerprint density at radius 3 is 2.21 bits per heavy atom. The largest absolute Gasteiger partial charge is 0.573 e. The Morgan fingerprint density at radius 1 is 1.00 bits per heavy atom. The summed E-state index contributed by atoms with van der Waals surface area (Å²) in [5, 5.41) is 0. The molecule has 0 saturated carbocycles. The Kier molecular flexibility index (Phi) is 6.51. The van der Waals surface area contributed by atoms with Gasteiger partial charge in [-0.15, -0.1) is 13.2 Å². The van der Waals surface area contributed by atoms with E-state index in [0.717, 1.165) is 22.0 Å². The van der Waals surface area contributed by atoms with Crippen LogP contribution in [-0.2, 0) is 16.6 Å². The number of benzene rings is 2. The molecule has 0 N–H and O–H groups in total. The number of hydrogen-bond donors (Lipinski definition) is 0. The van der Waals surface area contributed by atoms with Gasteiger partial charge < -0.3 is 4.74 Å². The van der Waals surface area contributed by atoms with Crippen molar-refractivity contribution in [1.82, 2.24) is 9.21 Å². The van der Waals surface area contributed by atoms with E-state index in [4.69, 9.17) is 0 Å². The zero-order valence-corrected chi connectivity index (χ0v) is 17.4. The highest BCUT2D eigenvalue weighted by Gasteiger charge is 2.36. The van der Waals surface area contributed by atoms with Gasteiger partial charge in [0.25, 0.3) is 0 Å². The summed E-state index contributed by atoms with van der Waals surface area (Å²) in [6, 6.07) is 9.43. The molecule has 0 aromatic heterocycles. The van der Waals surface area contributed by atoms with E-state index in [0.29, 0.717) is 19.6 Å². The Hall–Kier alpha value is -1.69. The molecule has 0 bridgehead atoms. The molecule has 29 heavy (non-hydrogen) atoms. The van der Waals surface area contributed by atoms with E-state index >= 15 is 0 Å². The molecule has 0 spiro atoms. The van der Waals surface area contributed by atoms with Crippen molar-refractivity contribution >= 4 is 26.0 Å². The van der Waals surface area contributed by atoms with E-state index in [1.165, 1.54) is 18.2 Å². The molecular formula is C18H17BrF4N2O3S. The summed E-state index contributed by atoms with van der Waals surface area (Å²) in [7, 11) is -4.17. The molecule has 1 heterocycles. The molecule has 11 heteroatoms. The van der Waals surface area contributed by atoms with Crippen LogP contribution in [0.4, 0.5) is 17.6 Å². The van der Waals surface area contributed by atoms with Crippen LogP contribution in [0.2, 0.25) is 0 Å². The van der Waals surface area contributed by atoms with Crippen molar-refractivity contribution in [3.05, 3.63) is 58.3 Å². The van der Waals surface area contributed by atoms with Gasteiger partial charge in [-0.2, -0.15) is 4.31 Å². The molecule has 1 fully saturated rings. The van der Waals surface area contributed by atoms with Crippen LogP contribution < -0.4 is 4.74 Å². The third kappa shape index (κ3) is 5.68. The first-order valence-electron chi connectivity index (χ1n) is 8.57. The quantitative estimate of drug-likeness (QED) is 0.587. The van der Waals surface area contributed by atoms with E-state index in [2.05, 4.69) is 20.7 Å². The third-order valence-electron chi connectivity index (χ3n) is 4.40. The van der Waals surface area contributed by atoms with Crippen LogP contribution in [0.1, 0.15) is 5.56 Å². The van der Waals surface area contributed by atoms with E-state index in [1.807, 2.05) is 4.90 Å². The van der Waals surface area contributed by atoms with Crippen molar-refractivity contribution in [3.63, 3.8) is 0 Å². The molecule has 158 valence electrons. The second kappa shape index (κ2) is 8.58. The minimum Gasteiger partial charge on any atom is -0.404 e. The molecule has 1 aliphatic rings. The van der Waals surface area contributed by atoms with Crippen LogP contribution >= 0.6 is 15.9 Å². The second-order valence-corrected chi connectivity index (χ2v) is 9.27. The Bertz CT molecular complexity index is 960. The number of sulfonamides is 1. The van der Waals surface area contributed by atoms with Crippen LogP contribution in [0.3, 0.4) is 0 Å². The highest BCUT2D eigenvalue weighted by atomic mass is 79.9. The lowest BCUT2D eigenvalue weighted by Gasteiger charge is -2.34. The van der Waals surface area contributed by atoms with Crippen molar-refractivity contribution in [2.24, 2.45) is 0 Å². The third-order valence-corrected chi connectivity index (χ3v) is 6.83. The van der Waals surface area contributed by atoms with Gasteiger partial charge in [-0.05, 0) is 35.9 Å². The van der Waals surface area contributed by atoms with Crippen LogP contribution in [0.15, 0.2) is 51.8 Å². The Balaban J connectivity index is 1.72. The van der Waals surface area contributed by atoms with Crippen molar-refractivity contribution in [2.75, 3.05) is 26.2 Å². The summed E-state index contributed by atoms with van der Waals surface area (Å²) in [6.07, 6.45) is -5.01. The van der Waals surface area contributed by atoms with Gasteiger partial charge in [0.1, 0.15) is 10.7 Å². The maximum atomic E-state index is 13.0. The molecule has 0 atom stereocenters. The average Bonchev–Trinajstić information content (AvgIpc) is 2.62. The number of halogens is 5. The van der Waals surface area contributed by atoms with E-state index in [1.54, 1.807) is 12.1 Å².